The van der Waals surface area contributed by atoms with Gasteiger partial charge in [-0.15, -0.1) is 0 Å². The van der Waals surface area contributed by atoms with Crippen molar-refractivity contribution in [2.75, 3.05) is 19.7 Å². The van der Waals surface area contributed by atoms with Gasteiger partial charge < -0.3 is 24.8 Å². The molecule has 2 heterocycles. The van der Waals surface area contributed by atoms with Gasteiger partial charge in [0, 0.05) is 18.7 Å². The largest absolute Gasteiger partial charge is 0.481 e. The van der Waals surface area contributed by atoms with E-state index in [1.807, 2.05) is 6.07 Å². The minimum absolute atomic E-state index is 0.217. The Balaban J connectivity index is 1.45. The second-order valence-electron chi connectivity index (χ2n) is 10.9. The molecule has 1 aliphatic heterocycles. The van der Waals surface area contributed by atoms with Gasteiger partial charge in [0.2, 0.25) is 5.88 Å². The molecule has 1 aromatic heterocycles. The van der Waals surface area contributed by atoms with Crippen molar-refractivity contribution in [3.05, 3.63) is 23.4 Å². The molecule has 0 bridgehead atoms. The molecule has 2 saturated carbocycles. The smallest absolute Gasteiger partial charge is 0.410 e. The van der Waals surface area contributed by atoms with Gasteiger partial charge in [0.1, 0.15) is 11.3 Å². The predicted molar refractivity (Wildman–Crippen MR) is 124 cm³/mol. The summed E-state index contributed by atoms with van der Waals surface area (Å²) in [6.45, 7) is 6.61. The minimum atomic E-state index is -1.00. The van der Waals surface area contributed by atoms with E-state index in [0.29, 0.717) is 50.3 Å². The fourth-order valence-corrected chi connectivity index (χ4v) is 4.26. The number of ether oxygens (including phenoxy) is 2. The van der Waals surface area contributed by atoms with Gasteiger partial charge in [-0.25, -0.2) is 9.78 Å². The molecule has 186 valence electrons. The average molecular weight is 474 g/mol. The maximum Gasteiger partial charge on any atom is 0.410 e. The number of amides is 2. The number of carbonyl (C=O) groups is 3. The number of carboxylic acid groups (broad SMARTS) is 1. The van der Waals surface area contributed by atoms with Crippen molar-refractivity contribution in [1.29, 1.82) is 0 Å². The predicted octanol–water partition coefficient (Wildman–Crippen LogP) is 3.72. The second kappa shape index (κ2) is 9.43. The highest BCUT2D eigenvalue weighted by molar-refractivity contribution is 5.93. The van der Waals surface area contributed by atoms with Crippen LogP contribution in [0.3, 0.4) is 0 Å². The zero-order valence-electron chi connectivity index (χ0n) is 20.3. The summed E-state index contributed by atoms with van der Waals surface area (Å²) >= 11 is 0. The van der Waals surface area contributed by atoms with Gasteiger partial charge in [-0.1, -0.05) is 6.07 Å². The molecule has 0 radical (unpaired) electrons. The molecule has 1 saturated heterocycles. The van der Waals surface area contributed by atoms with E-state index < -0.39 is 29.1 Å². The highest BCUT2D eigenvalue weighted by Gasteiger charge is 2.40. The summed E-state index contributed by atoms with van der Waals surface area (Å²) in [5, 5.41) is 12.5. The SMILES string of the molecule is CC(C)(C)OC(=O)N1CCC(CC(=O)O)(NC(=O)c2ccc(C3CC3)c(OCC3CC3)n2)CC1. The van der Waals surface area contributed by atoms with E-state index in [9.17, 15) is 19.5 Å². The van der Waals surface area contributed by atoms with Crippen molar-refractivity contribution < 1.29 is 29.0 Å². The number of rotatable bonds is 8. The monoisotopic (exact) mass is 473 g/mol. The Bertz CT molecular complexity index is 940. The molecule has 3 aliphatic rings. The van der Waals surface area contributed by atoms with Crippen LogP contribution in [0.25, 0.3) is 0 Å². The highest BCUT2D eigenvalue weighted by Crippen LogP contribution is 2.44. The van der Waals surface area contributed by atoms with Crippen molar-refractivity contribution in [3.63, 3.8) is 0 Å². The molecule has 9 nitrogen and oxygen atoms in total. The van der Waals surface area contributed by atoms with Crippen LogP contribution in [-0.4, -0.2) is 63.8 Å². The highest BCUT2D eigenvalue weighted by atomic mass is 16.6. The molecular formula is C25H35N3O6. The summed E-state index contributed by atoms with van der Waals surface area (Å²) < 4.78 is 11.4. The lowest BCUT2D eigenvalue weighted by molar-refractivity contribution is -0.139. The first-order chi connectivity index (χ1) is 16.0. The third-order valence-electron chi connectivity index (χ3n) is 6.53. The average Bonchev–Trinajstić information content (AvgIpc) is 3.65. The number of nitrogens with zero attached hydrogens (tertiary/aromatic N) is 2. The van der Waals surface area contributed by atoms with Gasteiger partial charge in [-0.2, -0.15) is 0 Å². The van der Waals surface area contributed by atoms with E-state index in [-0.39, 0.29) is 12.1 Å². The van der Waals surface area contributed by atoms with Crippen LogP contribution >= 0.6 is 0 Å². The number of carboxylic acids is 1. The Kier molecular flexibility index (Phi) is 6.73. The number of pyridine rings is 1. The molecule has 0 atom stereocenters. The fourth-order valence-electron chi connectivity index (χ4n) is 4.26. The molecule has 2 aliphatic carbocycles. The number of aliphatic carboxylic acids is 1. The lowest BCUT2D eigenvalue weighted by atomic mass is 9.84. The molecular weight excluding hydrogens is 438 g/mol. The number of aromatic nitrogens is 1. The molecule has 0 unspecified atom stereocenters. The van der Waals surface area contributed by atoms with Crippen LogP contribution in [0.5, 0.6) is 5.88 Å². The number of likely N-dealkylation sites (tertiary alicyclic amines) is 1. The molecule has 2 amide bonds. The van der Waals surface area contributed by atoms with Crippen LogP contribution in [0.2, 0.25) is 0 Å². The molecule has 2 N–H and O–H groups in total. The summed E-state index contributed by atoms with van der Waals surface area (Å²) in [5.41, 5.74) is -0.316. The quantitative estimate of drug-likeness (QED) is 0.591. The topological polar surface area (TPSA) is 118 Å². The molecule has 1 aromatic rings. The zero-order chi connectivity index (χ0) is 24.5. The van der Waals surface area contributed by atoms with Crippen LogP contribution in [0.1, 0.15) is 87.7 Å². The minimum Gasteiger partial charge on any atom is -0.481 e. The first-order valence-electron chi connectivity index (χ1n) is 12.2. The van der Waals surface area contributed by atoms with Crippen LogP contribution in [-0.2, 0) is 9.53 Å². The van der Waals surface area contributed by atoms with Gasteiger partial charge >= 0.3 is 12.1 Å². The van der Waals surface area contributed by atoms with Gasteiger partial charge in [0.25, 0.3) is 5.91 Å². The normalized spacial score (nSPS) is 19.9. The van der Waals surface area contributed by atoms with Crippen LogP contribution in [0.15, 0.2) is 12.1 Å². The molecule has 3 fully saturated rings. The van der Waals surface area contributed by atoms with Gasteiger partial charge in [0.15, 0.2) is 0 Å². The lowest BCUT2D eigenvalue weighted by Gasteiger charge is -2.41. The van der Waals surface area contributed by atoms with Crippen molar-refractivity contribution in [2.45, 2.75) is 82.8 Å². The van der Waals surface area contributed by atoms with Crippen molar-refractivity contribution >= 4 is 18.0 Å². The summed E-state index contributed by atoms with van der Waals surface area (Å²) in [6.07, 6.45) is 4.49. The summed E-state index contributed by atoms with van der Waals surface area (Å²) in [4.78, 5) is 43.3. The molecule has 9 heteroatoms. The summed E-state index contributed by atoms with van der Waals surface area (Å²) in [6, 6.07) is 3.61. The van der Waals surface area contributed by atoms with Crippen LogP contribution in [0.4, 0.5) is 4.79 Å². The first kappa shape index (κ1) is 24.3. The Morgan fingerprint density at radius 1 is 1.15 bits per heavy atom. The summed E-state index contributed by atoms with van der Waals surface area (Å²) in [7, 11) is 0. The lowest BCUT2D eigenvalue weighted by Crippen LogP contribution is -2.57. The third kappa shape index (κ3) is 6.39. The summed E-state index contributed by atoms with van der Waals surface area (Å²) in [5.74, 6) is 0.103. The number of piperidine rings is 1. The maximum absolute atomic E-state index is 13.2. The van der Waals surface area contributed by atoms with E-state index in [0.717, 1.165) is 31.2 Å². The second-order valence-corrected chi connectivity index (χ2v) is 10.9. The standard InChI is InChI=1S/C25H35N3O6/c1-24(2,3)34-23(32)28-12-10-25(11-13-28,14-20(29)30)27-21(31)19-9-8-18(17-6-7-17)22(26-19)33-15-16-4-5-16/h8-9,16-17H,4-7,10-15H2,1-3H3,(H,27,31)(H,29,30). The van der Waals surface area contributed by atoms with Gasteiger partial charge in [-0.05, 0) is 77.2 Å². The maximum atomic E-state index is 13.2. The Labute approximate surface area is 200 Å². The van der Waals surface area contributed by atoms with Crippen molar-refractivity contribution in [2.24, 2.45) is 5.92 Å². The fraction of sp³-hybridized carbons (Fsp3) is 0.680. The van der Waals surface area contributed by atoms with E-state index >= 15 is 0 Å². The van der Waals surface area contributed by atoms with Crippen molar-refractivity contribution in [3.8, 4) is 5.88 Å². The Morgan fingerprint density at radius 2 is 1.82 bits per heavy atom. The van der Waals surface area contributed by atoms with Crippen LogP contribution < -0.4 is 10.1 Å². The number of nitrogens with one attached hydrogen (secondary N) is 1. The number of carbonyl (C=O) groups excluding carboxylic acids is 2. The molecule has 4 rings (SSSR count). The van der Waals surface area contributed by atoms with E-state index in [1.165, 1.54) is 0 Å². The van der Waals surface area contributed by atoms with E-state index in [2.05, 4.69) is 10.3 Å². The Morgan fingerprint density at radius 3 is 2.38 bits per heavy atom. The first-order valence-corrected chi connectivity index (χ1v) is 12.2. The molecule has 0 aromatic carbocycles. The van der Waals surface area contributed by atoms with Crippen LogP contribution in [0, 0.1) is 5.92 Å². The van der Waals surface area contributed by atoms with Gasteiger partial charge in [0.05, 0.1) is 18.6 Å². The Hall–Kier alpha value is -2.84. The van der Waals surface area contributed by atoms with E-state index in [4.69, 9.17) is 9.47 Å². The number of hydrogen-bond donors (Lipinski definition) is 2. The van der Waals surface area contributed by atoms with E-state index in [1.54, 1.807) is 31.7 Å². The third-order valence-corrected chi connectivity index (χ3v) is 6.53. The van der Waals surface area contributed by atoms with Gasteiger partial charge in [-0.3, -0.25) is 9.59 Å². The zero-order valence-corrected chi connectivity index (χ0v) is 20.3. The van der Waals surface area contributed by atoms with Crippen molar-refractivity contribution in [1.82, 2.24) is 15.2 Å². The molecule has 0 spiro atoms. The molecule has 34 heavy (non-hydrogen) atoms. The number of hydrogen-bond acceptors (Lipinski definition) is 6.